The lowest BCUT2D eigenvalue weighted by Crippen LogP contribution is -2.19. The van der Waals surface area contributed by atoms with Crippen LogP contribution >= 0.6 is 0 Å². The Morgan fingerprint density at radius 3 is 2.09 bits per heavy atom. The van der Waals surface area contributed by atoms with Crippen molar-refractivity contribution in [3.63, 3.8) is 0 Å². The molecule has 1 rings (SSSR count). The molecule has 0 heterocycles. The van der Waals surface area contributed by atoms with E-state index in [2.05, 4.69) is 5.32 Å². The summed E-state index contributed by atoms with van der Waals surface area (Å²) in [5, 5.41) is 3.24. The first-order valence-corrected chi connectivity index (χ1v) is 8.12. The Morgan fingerprint density at radius 2 is 1.57 bits per heavy atom. The zero-order valence-electron chi connectivity index (χ0n) is 14.6. The minimum Gasteiger partial charge on any atom is -0.422 e. The number of esters is 2. The van der Waals surface area contributed by atoms with Gasteiger partial charge in [-0.25, -0.2) is 0 Å². The van der Waals surface area contributed by atoms with Crippen molar-refractivity contribution in [2.75, 3.05) is 13.1 Å². The van der Waals surface area contributed by atoms with E-state index in [1.54, 1.807) is 39.8 Å². The molecule has 0 bridgehead atoms. The minimum atomic E-state index is -0.354. The fourth-order valence-electron chi connectivity index (χ4n) is 1.73. The number of nitrogens with one attached hydrogen (secondary N) is 1. The molecule has 1 aromatic carbocycles. The van der Waals surface area contributed by atoms with Gasteiger partial charge >= 0.3 is 11.9 Å². The highest BCUT2D eigenvalue weighted by Crippen LogP contribution is 2.30. The van der Waals surface area contributed by atoms with Crippen LogP contribution in [0.3, 0.4) is 0 Å². The molecule has 128 valence electrons. The van der Waals surface area contributed by atoms with Crippen LogP contribution in [0, 0.1) is 11.8 Å². The second kappa shape index (κ2) is 9.30. The van der Waals surface area contributed by atoms with Gasteiger partial charge in [-0.2, -0.15) is 0 Å². The molecule has 0 aliphatic rings. The van der Waals surface area contributed by atoms with Crippen LogP contribution in [-0.4, -0.2) is 25.0 Å². The molecule has 23 heavy (non-hydrogen) atoms. The third-order valence-corrected chi connectivity index (χ3v) is 3.21. The SMILES string of the molecule is CCNCCc1ccc(OC(=O)C(C)C)c(OC(=O)C(C)C)c1. The first kappa shape index (κ1) is 19.2. The van der Waals surface area contributed by atoms with E-state index in [-0.39, 0.29) is 29.5 Å². The number of carbonyl (C=O) groups is 2. The van der Waals surface area contributed by atoms with Crippen molar-refractivity contribution < 1.29 is 19.1 Å². The van der Waals surface area contributed by atoms with Crippen molar-refractivity contribution in [3.8, 4) is 11.5 Å². The van der Waals surface area contributed by atoms with E-state index in [0.29, 0.717) is 5.75 Å². The van der Waals surface area contributed by atoms with Gasteiger partial charge in [-0.15, -0.1) is 0 Å². The maximum absolute atomic E-state index is 11.9. The molecule has 0 amide bonds. The van der Waals surface area contributed by atoms with Crippen LogP contribution in [0.25, 0.3) is 0 Å². The zero-order valence-corrected chi connectivity index (χ0v) is 14.6. The number of likely N-dealkylation sites (N-methyl/N-ethyl adjacent to an activating group) is 1. The molecule has 0 atom stereocenters. The maximum Gasteiger partial charge on any atom is 0.313 e. The Morgan fingerprint density at radius 1 is 1.00 bits per heavy atom. The summed E-state index contributed by atoms with van der Waals surface area (Å²) in [4.78, 5) is 23.7. The molecule has 5 heteroatoms. The average Bonchev–Trinajstić information content (AvgIpc) is 2.49. The smallest absolute Gasteiger partial charge is 0.313 e. The van der Waals surface area contributed by atoms with Gasteiger partial charge in [-0.05, 0) is 37.2 Å². The molecule has 0 aromatic heterocycles. The lowest BCUT2D eigenvalue weighted by molar-refractivity contribution is -0.140. The molecule has 0 aliphatic heterocycles. The van der Waals surface area contributed by atoms with Crippen molar-refractivity contribution in [2.45, 2.75) is 41.0 Å². The second-order valence-electron chi connectivity index (χ2n) is 6.04. The Labute approximate surface area is 138 Å². The van der Waals surface area contributed by atoms with Crippen LogP contribution in [0.1, 0.15) is 40.2 Å². The molecule has 0 saturated carbocycles. The first-order valence-electron chi connectivity index (χ1n) is 8.12. The number of hydrogen-bond donors (Lipinski definition) is 1. The van der Waals surface area contributed by atoms with Gasteiger partial charge in [0.15, 0.2) is 11.5 Å². The van der Waals surface area contributed by atoms with E-state index in [9.17, 15) is 9.59 Å². The van der Waals surface area contributed by atoms with Crippen LogP contribution in [0.2, 0.25) is 0 Å². The molecule has 0 aliphatic carbocycles. The lowest BCUT2D eigenvalue weighted by Gasteiger charge is -2.14. The van der Waals surface area contributed by atoms with Gasteiger partial charge < -0.3 is 14.8 Å². The van der Waals surface area contributed by atoms with Gasteiger partial charge in [-0.1, -0.05) is 40.7 Å². The molecular weight excluding hydrogens is 294 g/mol. The van der Waals surface area contributed by atoms with Gasteiger partial charge in [-0.3, -0.25) is 9.59 Å². The summed E-state index contributed by atoms with van der Waals surface area (Å²) in [6, 6.07) is 5.33. The van der Waals surface area contributed by atoms with Gasteiger partial charge in [0, 0.05) is 0 Å². The van der Waals surface area contributed by atoms with Crippen LogP contribution in [0.15, 0.2) is 18.2 Å². The number of carbonyl (C=O) groups excluding carboxylic acids is 2. The van der Waals surface area contributed by atoms with Gasteiger partial charge in [0.1, 0.15) is 0 Å². The van der Waals surface area contributed by atoms with Crippen LogP contribution in [0.5, 0.6) is 11.5 Å². The molecule has 0 radical (unpaired) electrons. The molecule has 1 N–H and O–H groups in total. The highest BCUT2D eigenvalue weighted by atomic mass is 16.6. The van der Waals surface area contributed by atoms with Crippen molar-refractivity contribution in [3.05, 3.63) is 23.8 Å². The van der Waals surface area contributed by atoms with Crippen LogP contribution in [0.4, 0.5) is 0 Å². The lowest BCUT2D eigenvalue weighted by atomic mass is 10.1. The van der Waals surface area contributed by atoms with Crippen molar-refractivity contribution >= 4 is 11.9 Å². The summed E-state index contributed by atoms with van der Waals surface area (Å²) < 4.78 is 10.7. The molecule has 0 unspecified atom stereocenters. The quantitative estimate of drug-likeness (QED) is 0.453. The van der Waals surface area contributed by atoms with Crippen molar-refractivity contribution in [2.24, 2.45) is 11.8 Å². The average molecular weight is 321 g/mol. The molecule has 0 fully saturated rings. The molecule has 0 spiro atoms. The van der Waals surface area contributed by atoms with Gasteiger partial charge in [0.05, 0.1) is 11.8 Å². The summed E-state index contributed by atoms with van der Waals surface area (Å²) in [7, 11) is 0. The van der Waals surface area contributed by atoms with E-state index in [1.807, 2.05) is 13.0 Å². The number of benzene rings is 1. The Kier molecular flexibility index (Phi) is 7.75. The first-order chi connectivity index (χ1) is 10.8. The van der Waals surface area contributed by atoms with E-state index in [1.165, 1.54) is 0 Å². The molecule has 5 nitrogen and oxygen atoms in total. The van der Waals surface area contributed by atoms with Crippen molar-refractivity contribution in [1.82, 2.24) is 5.32 Å². The summed E-state index contributed by atoms with van der Waals surface area (Å²) >= 11 is 0. The normalized spacial score (nSPS) is 10.9. The van der Waals surface area contributed by atoms with Gasteiger partial charge in [0.25, 0.3) is 0 Å². The molecule has 0 saturated heterocycles. The minimum absolute atomic E-state index is 0.253. The summed E-state index contributed by atoms with van der Waals surface area (Å²) in [6.45, 7) is 10.8. The second-order valence-corrected chi connectivity index (χ2v) is 6.04. The predicted molar refractivity (Wildman–Crippen MR) is 89.6 cm³/mol. The largest absolute Gasteiger partial charge is 0.422 e. The van der Waals surface area contributed by atoms with Crippen molar-refractivity contribution in [1.29, 1.82) is 0 Å². The Balaban J connectivity index is 2.98. The van der Waals surface area contributed by atoms with E-state index in [4.69, 9.17) is 9.47 Å². The highest BCUT2D eigenvalue weighted by molar-refractivity contribution is 5.78. The standard InChI is InChI=1S/C18H27NO4/c1-6-19-10-9-14-7-8-15(22-17(20)12(2)3)16(11-14)23-18(21)13(4)5/h7-8,11-13,19H,6,9-10H2,1-5H3. The van der Waals surface area contributed by atoms with E-state index in [0.717, 1.165) is 25.1 Å². The number of hydrogen-bond acceptors (Lipinski definition) is 5. The topological polar surface area (TPSA) is 64.6 Å². The predicted octanol–water partition coefficient (Wildman–Crippen LogP) is 2.96. The fourth-order valence-corrected chi connectivity index (χ4v) is 1.73. The molecular formula is C18H27NO4. The zero-order chi connectivity index (χ0) is 17.4. The van der Waals surface area contributed by atoms with Crippen LogP contribution in [-0.2, 0) is 16.0 Å². The summed E-state index contributed by atoms with van der Waals surface area (Å²) in [5.41, 5.74) is 1.02. The monoisotopic (exact) mass is 321 g/mol. The number of rotatable bonds is 8. The number of ether oxygens (including phenoxy) is 2. The van der Waals surface area contributed by atoms with Gasteiger partial charge in [0.2, 0.25) is 0 Å². The van der Waals surface area contributed by atoms with E-state index >= 15 is 0 Å². The Hall–Kier alpha value is -1.88. The van der Waals surface area contributed by atoms with Crippen LogP contribution < -0.4 is 14.8 Å². The third-order valence-electron chi connectivity index (χ3n) is 3.21. The summed E-state index contributed by atoms with van der Waals surface area (Å²) in [6.07, 6.45) is 0.804. The summed E-state index contributed by atoms with van der Waals surface area (Å²) in [5.74, 6) is -0.634. The molecule has 1 aromatic rings. The van der Waals surface area contributed by atoms with E-state index < -0.39 is 0 Å². The highest BCUT2D eigenvalue weighted by Gasteiger charge is 2.18. The maximum atomic E-state index is 11.9. The third kappa shape index (κ3) is 6.40. The Bertz CT molecular complexity index is 538. The fraction of sp³-hybridized carbons (Fsp3) is 0.556.